The summed E-state index contributed by atoms with van der Waals surface area (Å²) in [4.78, 5) is 50.0. The highest BCUT2D eigenvalue weighted by Gasteiger charge is 2.41. The van der Waals surface area contributed by atoms with Crippen LogP contribution in [0.5, 0.6) is 5.75 Å². The number of hydrogen-bond donors (Lipinski definition) is 5. The molecule has 5 unspecified atom stereocenters. The predicted molar refractivity (Wildman–Crippen MR) is 464 cm³/mol. The number of nitrogens with one attached hydrogen (secondary N) is 5. The van der Waals surface area contributed by atoms with Gasteiger partial charge in [-0.3, -0.25) is 19.2 Å². The number of rotatable bonds is 11. The van der Waals surface area contributed by atoms with Gasteiger partial charge in [0.2, 0.25) is 17.7 Å². The van der Waals surface area contributed by atoms with E-state index in [9.17, 15) is 24.4 Å². The van der Waals surface area contributed by atoms with Crippen molar-refractivity contribution in [3.05, 3.63) is 389 Å². The minimum Gasteiger partial charge on any atom is -0.497 e. The first-order valence-corrected chi connectivity index (χ1v) is 39.4. The fourth-order valence-corrected chi connectivity index (χ4v) is 15.7. The molecule has 0 saturated heterocycles. The van der Waals surface area contributed by atoms with Crippen LogP contribution in [0.2, 0.25) is 0 Å². The van der Waals surface area contributed by atoms with Crippen LogP contribution in [0.15, 0.2) is 317 Å². The normalized spacial score (nSPS) is 21.3. The summed E-state index contributed by atoms with van der Waals surface area (Å²) in [5.74, 6) is 0.530. The van der Waals surface area contributed by atoms with E-state index in [0.29, 0.717) is 6.42 Å². The maximum Gasteiger partial charge on any atom is 0.262 e. The van der Waals surface area contributed by atoms with Gasteiger partial charge in [0, 0.05) is 63.5 Å². The molecule has 568 valence electrons. The summed E-state index contributed by atoms with van der Waals surface area (Å²) in [6, 6.07) is 92.1. The van der Waals surface area contributed by atoms with Crippen LogP contribution in [0.25, 0.3) is 27.9 Å². The molecule has 0 radical (unpaired) electrons. The lowest BCUT2D eigenvalue weighted by atomic mass is 9.78. The molecule has 11 nitrogen and oxygen atoms in total. The van der Waals surface area contributed by atoms with E-state index in [1.165, 1.54) is 33.4 Å². The predicted octanol–water partition coefficient (Wildman–Crippen LogP) is 22.0. The number of nitrogens with zero attached hydrogens (tertiary/aromatic N) is 1. The van der Waals surface area contributed by atoms with Gasteiger partial charge in [0.05, 0.1) is 34.8 Å². The molecule has 0 aliphatic carbocycles. The van der Waals surface area contributed by atoms with Gasteiger partial charge in [0.15, 0.2) is 0 Å². The molecule has 15 rings (SSSR count). The molecule has 0 saturated carbocycles. The van der Waals surface area contributed by atoms with Crippen LogP contribution in [-0.4, -0.2) is 30.7 Å². The molecule has 10 aromatic carbocycles. The Morgan fingerprint density at radius 2 is 0.616 bits per heavy atom. The van der Waals surface area contributed by atoms with Crippen molar-refractivity contribution in [1.82, 2.24) is 26.6 Å². The van der Waals surface area contributed by atoms with E-state index in [0.717, 1.165) is 130 Å². The number of nitriles is 1. The number of carbonyl (C=O) groups is 4. The Morgan fingerprint density at radius 1 is 0.339 bits per heavy atom. The Bertz CT molecular complexity index is 5170. The number of halogens is 2. The minimum absolute atomic E-state index is 0.000382. The number of methoxy groups -OCH3 is 1. The number of amides is 4. The smallest absolute Gasteiger partial charge is 0.262 e. The van der Waals surface area contributed by atoms with Crippen molar-refractivity contribution < 1.29 is 23.9 Å². The molecule has 5 aliphatic heterocycles. The third kappa shape index (κ3) is 19.3. The summed E-state index contributed by atoms with van der Waals surface area (Å²) < 4.78 is 7.30. The zero-order chi connectivity index (χ0) is 80.1. The van der Waals surface area contributed by atoms with Crippen LogP contribution < -0.4 is 31.3 Å². The SMILES string of the molecule is C=C1C=C(c2ccccc2)CC(C)(c2ccccc2)N1.CC1(c2ccccc2)CC(c2ccccc2)=C(C#N)C(=O)N1.CC1=C(c2ccc(Br)cc2)CC(C)(c2ccc(Br)cc2)NC1=O.CC1=C(c2ccc(C)cc2)CC(C)(c2ccc(C)cc2)NC1=O.COc1ccc(C2=C(C)C(=O)NC(C)(c3ccc(C)cc3)C2)cc1. The van der Waals surface area contributed by atoms with Gasteiger partial charge in [-0.05, 0) is 202 Å². The van der Waals surface area contributed by atoms with Gasteiger partial charge >= 0.3 is 0 Å². The van der Waals surface area contributed by atoms with Crippen molar-refractivity contribution in [3.63, 3.8) is 0 Å². The Hall–Kier alpha value is -11.4. The first kappa shape index (κ1) is 81.6. The Labute approximate surface area is 678 Å². The van der Waals surface area contributed by atoms with Crippen molar-refractivity contribution in [1.29, 1.82) is 5.26 Å². The second-order valence-corrected chi connectivity index (χ2v) is 32.6. The molecular weight excluding hydrogens is 1510 g/mol. The Balaban J connectivity index is 0.000000139. The molecular formula is C99H98Br2N6O5. The van der Waals surface area contributed by atoms with Crippen LogP contribution in [0.3, 0.4) is 0 Å². The van der Waals surface area contributed by atoms with E-state index in [4.69, 9.17) is 4.74 Å². The van der Waals surface area contributed by atoms with Gasteiger partial charge in [0.25, 0.3) is 5.91 Å². The summed E-state index contributed by atoms with van der Waals surface area (Å²) in [5, 5.41) is 25.4. The first-order valence-electron chi connectivity index (χ1n) is 37.8. The highest BCUT2D eigenvalue weighted by atomic mass is 79.9. The Morgan fingerprint density at radius 3 is 0.982 bits per heavy atom. The summed E-state index contributed by atoms with van der Waals surface area (Å²) in [7, 11) is 1.65. The lowest BCUT2D eigenvalue weighted by Crippen LogP contribution is -2.47. The number of ether oxygens (including phenoxy) is 1. The highest BCUT2D eigenvalue weighted by Crippen LogP contribution is 2.44. The average molecular weight is 1610 g/mol. The number of carbonyl (C=O) groups excluding carboxylic acids is 4. The maximum absolute atomic E-state index is 12.6. The zero-order valence-electron chi connectivity index (χ0n) is 66.0. The van der Waals surface area contributed by atoms with Crippen molar-refractivity contribution in [2.45, 2.75) is 136 Å². The molecule has 4 amide bonds. The van der Waals surface area contributed by atoms with E-state index in [-0.39, 0.29) is 40.3 Å². The minimum atomic E-state index is -0.510. The topological polar surface area (TPSA) is 161 Å². The fourth-order valence-electron chi connectivity index (χ4n) is 15.2. The fraction of sp³-hybridized carbons (Fsp3) is 0.222. The molecule has 0 aromatic heterocycles. The van der Waals surface area contributed by atoms with Crippen molar-refractivity contribution >= 4 is 83.4 Å². The molecule has 13 heteroatoms. The number of benzene rings is 10. The summed E-state index contributed by atoms with van der Waals surface area (Å²) in [6.07, 6.45) is 6.04. The van der Waals surface area contributed by atoms with E-state index in [2.05, 4.69) is 283 Å². The van der Waals surface area contributed by atoms with Gasteiger partial charge in [-0.2, -0.15) is 5.26 Å². The number of hydrogen-bond acceptors (Lipinski definition) is 7. The monoisotopic (exact) mass is 1610 g/mol. The largest absolute Gasteiger partial charge is 0.497 e. The average Bonchev–Trinajstić information content (AvgIpc) is 0.789. The summed E-state index contributed by atoms with van der Waals surface area (Å²) in [5.41, 5.74) is 22.1. The van der Waals surface area contributed by atoms with Gasteiger partial charge < -0.3 is 31.3 Å². The second-order valence-electron chi connectivity index (χ2n) is 30.8. The van der Waals surface area contributed by atoms with Crippen LogP contribution >= 0.6 is 31.9 Å². The molecule has 5 atom stereocenters. The molecule has 0 bridgehead atoms. The van der Waals surface area contributed by atoms with Crippen LogP contribution in [0, 0.1) is 32.1 Å². The number of allylic oxidation sites excluding steroid dienone is 1. The molecule has 0 spiro atoms. The zero-order valence-corrected chi connectivity index (χ0v) is 69.1. The molecule has 10 aromatic rings. The highest BCUT2D eigenvalue weighted by molar-refractivity contribution is 9.10. The first-order chi connectivity index (χ1) is 53.5. The van der Waals surface area contributed by atoms with Crippen LogP contribution in [0.1, 0.15) is 160 Å². The molecule has 112 heavy (non-hydrogen) atoms. The van der Waals surface area contributed by atoms with E-state index in [1.807, 2.05) is 137 Å². The number of aryl methyl sites for hydroxylation is 3. The van der Waals surface area contributed by atoms with Crippen LogP contribution in [-0.2, 0) is 46.9 Å². The molecule has 5 heterocycles. The van der Waals surface area contributed by atoms with Gasteiger partial charge in [-0.1, -0.05) is 286 Å². The van der Waals surface area contributed by atoms with Crippen molar-refractivity contribution in [2.24, 2.45) is 0 Å². The van der Waals surface area contributed by atoms with Gasteiger partial charge in [-0.15, -0.1) is 0 Å². The summed E-state index contributed by atoms with van der Waals surface area (Å²) >= 11 is 6.93. The van der Waals surface area contributed by atoms with Crippen LogP contribution in [0.4, 0.5) is 0 Å². The molecule has 5 aliphatic rings. The van der Waals surface area contributed by atoms with E-state index < -0.39 is 16.6 Å². The second kappa shape index (κ2) is 35.3. The van der Waals surface area contributed by atoms with E-state index in [1.54, 1.807) is 7.11 Å². The standard InChI is InChI=1S/C21H23NO2.C21H23NO.C19H17Br2NO.C19H16N2O.C19H19N/c1-14-5-9-17(10-6-14)21(3)13-19(15(2)20(23)22-21)16-7-11-18(24-4)12-8-16;1-14-5-9-17(10-6-14)19-13-21(4,22-20(23)16(19)3)18-11-7-15(2)8-12-18;1-12-17(13-3-7-15(20)8-4-13)11-19(2,22-18(12)23)14-5-9-16(21)10-6-14;1-19(15-10-6-3-7-11-15)12-16(14-8-4-2-5-9-14)17(13-20)18(22)21-19;1-15-13-17(16-9-5-3-6-10-16)14-19(2,20-15)18-11-7-4-8-12-18/h5-12H,13H2,1-4H3,(H,22,23);5-12H,13H2,1-4H3,(H,22,23);3-10H,11H2,1-2H3,(H,22,23);2-11H,12H2,1H3,(H,21,22);3-13,20H,1,14H2,2H3. The van der Waals surface area contributed by atoms with E-state index >= 15 is 0 Å². The van der Waals surface area contributed by atoms with Crippen molar-refractivity contribution in [3.8, 4) is 11.8 Å². The van der Waals surface area contributed by atoms with Gasteiger partial charge in [-0.25, -0.2) is 0 Å². The lowest BCUT2D eigenvalue weighted by Gasteiger charge is -2.37. The van der Waals surface area contributed by atoms with Crippen molar-refractivity contribution in [2.75, 3.05) is 7.11 Å². The third-order valence-electron chi connectivity index (χ3n) is 22.0. The lowest BCUT2D eigenvalue weighted by molar-refractivity contribution is -0.120. The third-order valence-corrected chi connectivity index (χ3v) is 23.1. The summed E-state index contributed by atoms with van der Waals surface area (Å²) in [6.45, 7) is 26.6. The maximum atomic E-state index is 12.6. The molecule has 5 N–H and O–H groups in total. The quantitative estimate of drug-likeness (QED) is 0.0861. The van der Waals surface area contributed by atoms with Gasteiger partial charge in [0.1, 0.15) is 17.4 Å². The Kier molecular flexibility index (Phi) is 25.7. The molecule has 0 fully saturated rings.